The molecule has 0 saturated heterocycles. The number of hydrogen-bond acceptors (Lipinski definition) is 4. The van der Waals surface area contributed by atoms with Crippen molar-refractivity contribution >= 4 is 0 Å². The van der Waals surface area contributed by atoms with Crippen molar-refractivity contribution in [3.63, 3.8) is 0 Å². The number of aryl methyl sites for hydroxylation is 1. The Kier molecular flexibility index (Phi) is 11.0. The molecule has 1 heterocycles. The van der Waals surface area contributed by atoms with E-state index in [0.717, 1.165) is 59.0 Å². The fraction of sp³-hybridized carbons (Fsp3) is 0.289. The van der Waals surface area contributed by atoms with Gasteiger partial charge in [0.1, 0.15) is 17.3 Å². The molecule has 0 spiro atoms. The normalized spacial score (nSPS) is 11.4. The van der Waals surface area contributed by atoms with Crippen LogP contribution in [-0.2, 0) is 26.2 Å². The number of ether oxygens (including phenoxy) is 2. The van der Waals surface area contributed by atoms with Gasteiger partial charge >= 0.3 is 6.61 Å². The zero-order chi connectivity index (χ0) is 31.6. The molecule has 0 fully saturated rings. The van der Waals surface area contributed by atoms with Crippen molar-refractivity contribution in [2.75, 3.05) is 6.61 Å². The van der Waals surface area contributed by atoms with Crippen LogP contribution in [0.15, 0.2) is 103 Å². The zero-order valence-electron chi connectivity index (χ0n) is 26.3. The van der Waals surface area contributed by atoms with E-state index in [1.165, 1.54) is 11.1 Å². The van der Waals surface area contributed by atoms with Crippen LogP contribution in [-0.4, -0.2) is 27.7 Å². The smallest absolute Gasteiger partial charge is 0.387 e. The first-order valence-electron chi connectivity index (χ1n) is 15.6. The topological polar surface area (TPSA) is 39.5 Å². The summed E-state index contributed by atoms with van der Waals surface area (Å²) in [5.74, 6) is 1.94. The Morgan fingerprint density at radius 2 is 1.47 bits per heavy atom. The molecule has 234 valence electrons. The predicted octanol–water partition coefficient (Wildman–Crippen LogP) is 9.53. The highest BCUT2D eigenvalue weighted by Gasteiger charge is 2.22. The summed E-state index contributed by atoms with van der Waals surface area (Å²) >= 11 is 0. The number of halogens is 2. The molecule has 0 aliphatic carbocycles. The summed E-state index contributed by atoms with van der Waals surface area (Å²) in [5.41, 5.74) is 7.61. The highest BCUT2D eigenvalue weighted by molar-refractivity contribution is 5.69. The molecule has 0 amide bonds. The second kappa shape index (κ2) is 15.5. The van der Waals surface area contributed by atoms with Crippen LogP contribution in [0.3, 0.4) is 0 Å². The van der Waals surface area contributed by atoms with Crippen molar-refractivity contribution in [2.24, 2.45) is 0 Å². The van der Waals surface area contributed by atoms with Gasteiger partial charge in [-0.25, -0.2) is 4.98 Å². The van der Waals surface area contributed by atoms with E-state index in [0.29, 0.717) is 26.2 Å². The number of nitrogens with zero attached hydrogens (tertiary/aromatic N) is 3. The molecule has 0 radical (unpaired) electrons. The quantitative estimate of drug-likeness (QED) is 0.119. The van der Waals surface area contributed by atoms with Gasteiger partial charge in [-0.1, -0.05) is 85.6 Å². The maximum Gasteiger partial charge on any atom is 0.387 e. The second-order valence-corrected chi connectivity index (χ2v) is 11.2. The number of unbranched alkanes of at least 4 members (excludes halogenated alkanes) is 1. The lowest BCUT2D eigenvalue weighted by Gasteiger charge is -2.25. The van der Waals surface area contributed by atoms with Crippen LogP contribution < -0.4 is 9.47 Å². The van der Waals surface area contributed by atoms with Gasteiger partial charge in [0.15, 0.2) is 0 Å². The summed E-state index contributed by atoms with van der Waals surface area (Å²) in [6.07, 6.45) is 2.08. The van der Waals surface area contributed by atoms with E-state index in [4.69, 9.17) is 9.72 Å². The van der Waals surface area contributed by atoms with Gasteiger partial charge in [-0.2, -0.15) is 8.78 Å². The fourth-order valence-electron chi connectivity index (χ4n) is 5.60. The van der Waals surface area contributed by atoms with Gasteiger partial charge in [-0.3, -0.25) is 4.90 Å². The van der Waals surface area contributed by atoms with Crippen molar-refractivity contribution in [3.05, 3.63) is 126 Å². The molecular weight excluding hydrogens is 568 g/mol. The number of rotatable bonds is 15. The van der Waals surface area contributed by atoms with Crippen molar-refractivity contribution in [1.29, 1.82) is 0 Å². The summed E-state index contributed by atoms with van der Waals surface area (Å²) in [5, 5.41) is 0. The summed E-state index contributed by atoms with van der Waals surface area (Å²) in [6, 6.07) is 34.0. The average Bonchev–Trinajstić information content (AvgIpc) is 3.39. The Labute approximate surface area is 265 Å². The number of alkyl halides is 2. The first kappa shape index (κ1) is 31.9. The van der Waals surface area contributed by atoms with Crippen LogP contribution in [0.4, 0.5) is 8.78 Å². The van der Waals surface area contributed by atoms with E-state index in [9.17, 15) is 8.78 Å². The van der Waals surface area contributed by atoms with Crippen LogP contribution in [0.1, 0.15) is 49.1 Å². The molecule has 5 rings (SSSR count). The van der Waals surface area contributed by atoms with Crippen LogP contribution in [0.5, 0.6) is 11.5 Å². The van der Waals surface area contributed by atoms with Gasteiger partial charge in [-0.15, -0.1) is 0 Å². The summed E-state index contributed by atoms with van der Waals surface area (Å²) in [7, 11) is 0. The van der Waals surface area contributed by atoms with E-state index in [2.05, 4.69) is 88.7 Å². The van der Waals surface area contributed by atoms with Gasteiger partial charge in [0.2, 0.25) is 0 Å². The second-order valence-electron chi connectivity index (χ2n) is 11.2. The van der Waals surface area contributed by atoms with Crippen LogP contribution >= 0.6 is 0 Å². The molecule has 0 unspecified atom stereocenters. The molecule has 0 N–H and O–H groups in total. The first-order chi connectivity index (χ1) is 21.9. The Bertz CT molecular complexity index is 1630. The highest BCUT2D eigenvalue weighted by atomic mass is 19.3. The molecule has 5 nitrogen and oxygen atoms in total. The number of imidazole rings is 1. The van der Waals surface area contributed by atoms with Gasteiger partial charge in [-0.05, 0) is 67.8 Å². The minimum atomic E-state index is -2.85. The van der Waals surface area contributed by atoms with Gasteiger partial charge in [0, 0.05) is 37.3 Å². The molecule has 45 heavy (non-hydrogen) atoms. The van der Waals surface area contributed by atoms with Crippen molar-refractivity contribution in [2.45, 2.75) is 66.4 Å². The highest BCUT2D eigenvalue weighted by Crippen LogP contribution is 2.33. The molecule has 4 aromatic carbocycles. The molecule has 0 saturated carbocycles. The summed E-state index contributed by atoms with van der Waals surface area (Å²) in [4.78, 5) is 7.70. The Hall–Kier alpha value is -4.49. The third-order valence-corrected chi connectivity index (χ3v) is 7.70. The minimum absolute atomic E-state index is 0.155. The molecule has 0 bridgehead atoms. The Balaban J connectivity index is 1.59. The van der Waals surface area contributed by atoms with Gasteiger partial charge < -0.3 is 14.0 Å². The fourth-order valence-corrected chi connectivity index (χ4v) is 5.60. The first-order valence-corrected chi connectivity index (χ1v) is 15.6. The molecular formula is C38H41F2N3O2. The van der Waals surface area contributed by atoms with Crippen molar-refractivity contribution in [3.8, 4) is 34.1 Å². The maximum absolute atomic E-state index is 12.8. The maximum atomic E-state index is 12.8. The van der Waals surface area contributed by atoms with Crippen LogP contribution in [0.25, 0.3) is 22.6 Å². The van der Waals surface area contributed by atoms with Crippen LogP contribution in [0.2, 0.25) is 0 Å². The van der Waals surface area contributed by atoms with E-state index < -0.39 is 6.61 Å². The van der Waals surface area contributed by atoms with Crippen LogP contribution in [0, 0.1) is 6.92 Å². The van der Waals surface area contributed by atoms with Gasteiger partial charge in [0.05, 0.1) is 18.0 Å². The van der Waals surface area contributed by atoms with E-state index in [1.807, 2.05) is 37.3 Å². The average molecular weight is 610 g/mol. The van der Waals surface area contributed by atoms with E-state index in [1.54, 1.807) is 12.1 Å². The molecule has 7 heteroatoms. The summed E-state index contributed by atoms with van der Waals surface area (Å²) in [6.45, 7) is 6.85. The SMILES string of the molecule is CCCCn1c(-c2ccccc2)nc(-c2ccc(OCC)cc2)c1CN(Cc1ccc(OC(F)F)cc1)Cc1cccc(C)c1. The number of aromatic nitrogens is 2. The number of benzene rings is 4. The van der Waals surface area contributed by atoms with E-state index in [-0.39, 0.29) is 5.75 Å². The van der Waals surface area contributed by atoms with Crippen molar-refractivity contribution < 1.29 is 18.3 Å². The predicted molar refractivity (Wildman–Crippen MR) is 176 cm³/mol. The molecule has 5 aromatic rings. The van der Waals surface area contributed by atoms with Gasteiger partial charge in [0.25, 0.3) is 0 Å². The molecule has 0 aliphatic heterocycles. The third kappa shape index (κ3) is 8.58. The molecule has 0 aliphatic rings. The number of hydrogen-bond donors (Lipinski definition) is 0. The lowest BCUT2D eigenvalue weighted by molar-refractivity contribution is -0.0498. The Morgan fingerprint density at radius 1 is 0.756 bits per heavy atom. The monoisotopic (exact) mass is 609 g/mol. The Morgan fingerprint density at radius 3 is 2.13 bits per heavy atom. The molecule has 0 atom stereocenters. The molecule has 1 aromatic heterocycles. The van der Waals surface area contributed by atoms with Crippen molar-refractivity contribution in [1.82, 2.24) is 14.5 Å². The zero-order valence-corrected chi connectivity index (χ0v) is 26.3. The lowest BCUT2D eigenvalue weighted by atomic mass is 10.1. The van der Waals surface area contributed by atoms with E-state index >= 15 is 0 Å². The standard InChI is InChI=1S/C38H41F2N3O2/c1-4-6-23-43-35(36(31-17-21-33(22-18-31)44-5-2)41-37(43)32-13-8-7-9-14-32)27-42(26-30-12-10-11-28(3)24-30)25-29-15-19-34(20-16-29)45-38(39)40/h7-22,24,38H,4-6,23,25-27H2,1-3H3. The largest absolute Gasteiger partial charge is 0.494 e. The lowest BCUT2D eigenvalue weighted by Crippen LogP contribution is -2.24. The summed E-state index contributed by atoms with van der Waals surface area (Å²) < 4.78 is 38.3. The minimum Gasteiger partial charge on any atom is -0.494 e. The third-order valence-electron chi connectivity index (χ3n) is 7.70.